The number of aliphatic hydroxyl groups is 1. The first-order chi connectivity index (χ1) is 9.72. The van der Waals surface area contributed by atoms with E-state index in [4.69, 9.17) is 0 Å². The summed E-state index contributed by atoms with van der Waals surface area (Å²) in [5.74, 6) is 0.844. The lowest BCUT2D eigenvalue weighted by molar-refractivity contribution is 0.0810. The highest BCUT2D eigenvalue weighted by molar-refractivity contribution is 5.79. The predicted octanol–water partition coefficient (Wildman–Crippen LogP) is 2.73. The first-order valence-electron chi connectivity index (χ1n) is 7.66. The molecular weight excluding hydrogens is 248 g/mol. The maximum absolute atomic E-state index is 10.3. The van der Waals surface area contributed by atoms with Gasteiger partial charge in [0.15, 0.2) is 0 Å². The van der Waals surface area contributed by atoms with Crippen LogP contribution < -0.4 is 0 Å². The summed E-state index contributed by atoms with van der Waals surface area (Å²) in [7, 11) is 0. The van der Waals surface area contributed by atoms with Crippen molar-refractivity contribution >= 4 is 10.9 Å². The van der Waals surface area contributed by atoms with Gasteiger partial charge in [-0.3, -0.25) is 0 Å². The molecule has 0 aliphatic carbocycles. The van der Waals surface area contributed by atoms with Crippen LogP contribution in [0.4, 0.5) is 0 Å². The van der Waals surface area contributed by atoms with Crippen LogP contribution in [-0.4, -0.2) is 40.3 Å². The Hall–Kier alpha value is -1.32. The molecule has 0 spiro atoms. The number of β-amino-alcohol motifs (C(OH)–C–C–N with tert-alkyl or cyclic N) is 1. The minimum absolute atomic E-state index is 0.292. The molecule has 0 amide bonds. The molecule has 3 rings (SSSR count). The zero-order chi connectivity index (χ0) is 13.9. The van der Waals surface area contributed by atoms with Crippen LogP contribution in [-0.2, 0) is 6.54 Å². The minimum Gasteiger partial charge on any atom is -0.390 e. The molecule has 1 atom stereocenters. The topological polar surface area (TPSA) is 28.4 Å². The Balaban J connectivity index is 1.60. The first kappa shape index (κ1) is 13.7. The van der Waals surface area contributed by atoms with E-state index < -0.39 is 0 Å². The highest BCUT2D eigenvalue weighted by Crippen LogP contribution is 2.18. The van der Waals surface area contributed by atoms with Crippen LogP contribution >= 0.6 is 0 Å². The van der Waals surface area contributed by atoms with Crippen LogP contribution in [0.3, 0.4) is 0 Å². The zero-order valence-electron chi connectivity index (χ0n) is 12.2. The SMILES string of the molecule is CC1CCN(C[C@@H](O)Cn2ccc3ccccc32)CC1. The van der Waals surface area contributed by atoms with E-state index in [9.17, 15) is 5.11 Å². The second-order valence-electron chi connectivity index (χ2n) is 6.16. The van der Waals surface area contributed by atoms with Crippen molar-refractivity contribution in [1.82, 2.24) is 9.47 Å². The van der Waals surface area contributed by atoms with E-state index in [1.54, 1.807) is 0 Å². The average molecular weight is 272 g/mol. The van der Waals surface area contributed by atoms with Gasteiger partial charge in [0.1, 0.15) is 0 Å². The quantitative estimate of drug-likeness (QED) is 0.927. The van der Waals surface area contributed by atoms with E-state index in [0.29, 0.717) is 6.54 Å². The molecule has 1 aromatic heterocycles. The smallest absolute Gasteiger partial charge is 0.0845 e. The third kappa shape index (κ3) is 3.05. The van der Waals surface area contributed by atoms with Gasteiger partial charge in [-0.2, -0.15) is 0 Å². The molecule has 1 N–H and O–H groups in total. The van der Waals surface area contributed by atoms with Crippen molar-refractivity contribution in [3.05, 3.63) is 36.5 Å². The lowest BCUT2D eigenvalue weighted by atomic mass is 9.99. The number of rotatable bonds is 4. The first-order valence-corrected chi connectivity index (χ1v) is 7.66. The average Bonchev–Trinajstić information content (AvgIpc) is 2.85. The Bertz CT molecular complexity index is 555. The number of benzene rings is 1. The van der Waals surface area contributed by atoms with Gasteiger partial charge in [0, 0.05) is 24.8 Å². The van der Waals surface area contributed by atoms with Crippen LogP contribution in [0.25, 0.3) is 10.9 Å². The van der Waals surface area contributed by atoms with Gasteiger partial charge in [0.2, 0.25) is 0 Å². The van der Waals surface area contributed by atoms with Gasteiger partial charge in [0.05, 0.1) is 6.10 Å². The lowest BCUT2D eigenvalue weighted by Gasteiger charge is -2.31. The minimum atomic E-state index is -0.292. The van der Waals surface area contributed by atoms with Gasteiger partial charge in [-0.05, 0) is 49.4 Å². The summed E-state index contributed by atoms with van der Waals surface area (Å²) < 4.78 is 2.16. The van der Waals surface area contributed by atoms with Gasteiger partial charge >= 0.3 is 0 Å². The van der Waals surface area contributed by atoms with E-state index in [-0.39, 0.29) is 6.10 Å². The number of para-hydroxylation sites is 1. The van der Waals surface area contributed by atoms with Gasteiger partial charge in [-0.25, -0.2) is 0 Å². The fourth-order valence-corrected chi connectivity index (χ4v) is 3.13. The number of likely N-dealkylation sites (tertiary alicyclic amines) is 1. The molecule has 20 heavy (non-hydrogen) atoms. The fourth-order valence-electron chi connectivity index (χ4n) is 3.13. The van der Waals surface area contributed by atoms with E-state index in [1.807, 2.05) is 0 Å². The monoisotopic (exact) mass is 272 g/mol. The number of aliphatic hydroxyl groups excluding tert-OH is 1. The van der Waals surface area contributed by atoms with Gasteiger partial charge in [0.25, 0.3) is 0 Å². The fraction of sp³-hybridized carbons (Fsp3) is 0.529. The van der Waals surface area contributed by atoms with Crippen LogP contribution in [0.5, 0.6) is 0 Å². The molecule has 1 saturated heterocycles. The molecule has 1 aliphatic heterocycles. The van der Waals surface area contributed by atoms with Crippen molar-refractivity contribution in [2.75, 3.05) is 19.6 Å². The normalized spacial score (nSPS) is 19.5. The molecular formula is C17H24N2O. The van der Waals surface area contributed by atoms with E-state index >= 15 is 0 Å². The summed E-state index contributed by atoms with van der Waals surface area (Å²) in [4.78, 5) is 2.40. The molecule has 3 heteroatoms. The van der Waals surface area contributed by atoms with Crippen molar-refractivity contribution in [2.24, 2.45) is 5.92 Å². The predicted molar refractivity (Wildman–Crippen MR) is 82.8 cm³/mol. The lowest BCUT2D eigenvalue weighted by Crippen LogP contribution is -2.39. The standard InChI is InChI=1S/C17H24N2O/c1-14-6-9-18(10-7-14)12-16(20)13-19-11-8-15-4-2-3-5-17(15)19/h2-5,8,11,14,16,20H,6-7,9-10,12-13H2,1H3/t16-/m1/s1. The van der Waals surface area contributed by atoms with Gasteiger partial charge in [-0.1, -0.05) is 25.1 Å². The highest BCUT2D eigenvalue weighted by atomic mass is 16.3. The molecule has 1 aliphatic rings. The maximum Gasteiger partial charge on any atom is 0.0845 e. The van der Waals surface area contributed by atoms with Crippen molar-refractivity contribution in [2.45, 2.75) is 32.4 Å². The van der Waals surface area contributed by atoms with Crippen molar-refractivity contribution in [1.29, 1.82) is 0 Å². The molecule has 108 valence electrons. The molecule has 0 bridgehead atoms. The summed E-state index contributed by atoms with van der Waals surface area (Å²) >= 11 is 0. The number of hydrogen-bond donors (Lipinski definition) is 1. The molecule has 0 saturated carbocycles. The van der Waals surface area contributed by atoms with Crippen LogP contribution in [0.15, 0.2) is 36.5 Å². The number of hydrogen-bond acceptors (Lipinski definition) is 2. The van der Waals surface area contributed by atoms with E-state index in [2.05, 4.69) is 52.9 Å². The van der Waals surface area contributed by atoms with Gasteiger partial charge < -0.3 is 14.6 Å². The molecule has 2 heterocycles. The zero-order valence-corrected chi connectivity index (χ0v) is 12.2. The second kappa shape index (κ2) is 5.98. The summed E-state index contributed by atoms with van der Waals surface area (Å²) in [6, 6.07) is 10.5. The Morgan fingerprint density at radius 2 is 1.90 bits per heavy atom. The van der Waals surface area contributed by atoms with E-state index in [0.717, 1.165) is 25.6 Å². The Kier molecular flexibility index (Phi) is 4.08. The molecule has 1 fully saturated rings. The van der Waals surface area contributed by atoms with Crippen molar-refractivity contribution in [3.8, 4) is 0 Å². The number of aromatic nitrogens is 1. The highest BCUT2D eigenvalue weighted by Gasteiger charge is 2.18. The number of fused-ring (bicyclic) bond motifs is 1. The van der Waals surface area contributed by atoms with Crippen LogP contribution in [0.1, 0.15) is 19.8 Å². The van der Waals surface area contributed by atoms with Crippen molar-refractivity contribution in [3.63, 3.8) is 0 Å². The molecule has 0 unspecified atom stereocenters. The summed E-state index contributed by atoms with van der Waals surface area (Å²) in [6.07, 6.45) is 4.31. The van der Waals surface area contributed by atoms with Crippen LogP contribution in [0.2, 0.25) is 0 Å². The Labute approximate surface area is 120 Å². The van der Waals surface area contributed by atoms with Crippen molar-refractivity contribution < 1.29 is 5.11 Å². The van der Waals surface area contributed by atoms with Gasteiger partial charge in [-0.15, -0.1) is 0 Å². The molecule has 1 aromatic carbocycles. The summed E-state index contributed by atoms with van der Waals surface area (Å²) in [5, 5.41) is 11.6. The third-order valence-corrected chi connectivity index (χ3v) is 4.43. The number of nitrogens with zero attached hydrogens (tertiary/aromatic N) is 2. The van der Waals surface area contributed by atoms with Crippen LogP contribution in [0, 0.1) is 5.92 Å². The largest absolute Gasteiger partial charge is 0.390 e. The third-order valence-electron chi connectivity index (χ3n) is 4.43. The molecule has 0 radical (unpaired) electrons. The summed E-state index contributed by atoms with van der Waals surface area (Å²) in [6.45, 7) is 6.05. The Morgan fingerprint density at radius 1 is 1.15 bits per heavy atom. The maximum atomic E-state index is 10.3. The number of piperidine rings is 1. The molecule has 2 aromatic rings. The Morgan fingerprint density at radius 3 is 2.70 bits per heavy atom. The second-order valence-corrected chi connectivity index (χ2v) is 6.16. The summed E-state index contributed by atoms with van der Waals surface area (Å²) in [5.41, 5.74) is 1.21. The molecule has 3 nitrogen and oxygen atoms in total. The van der Waals surface area contributed by atoms with E-state index in [1.165, 1.54) is 23.7 Å².